The van der Waals surface area contributed by atoms with Crippen LogP contribution >= 0.6 is 0 Å². The summed E-state index contributed by atoms with van der Waals surface area (Å²) in [6.45, 7) is 0. The molecule has 0 atom stereocenters. The van der Waals surface area contributed by atoms with Crippen LogP contribution in [0.3, 0.4) is 0 Å². The van der Waals surface area contributed by atoms with Crippen LogP contribution in [0.1, 0.15) is 31.8 Å². The van der Waals surface area contributed by atoms with Gasteiger partial charge in [0.2, 0.25) is 0 Å². The molecule has 0 saturated carbocycles. The average Bonchev–Trinajstić information content (AvgIpc) is 2.47. The zero-order valence-electron chi connectivity index (χ0n) is 12.3. The van der Waals surface area contributed by atoms with Crippen molar-refractivity contribution in [2.75, 3.05) is 5.73 Å². The van der Waals surface area contributed by atoms with Crippen molar-refractivity contribution in [1.82, 2.24) is 0 Å². The predicted octanol–water partition coefficient (Wildman–Crippen LogP) is 0.321. The molecule has 0 aliphatic heterocycles. The van der Waals surface area contributed by atoms with Crippen molar-refractivity contribution in [3.8, 4) is 11.5 Å². The average molecular weight is 358 g/mol. The van der Waals surface area contributed by atoms with Crippen LogP contribution in [0.2, 0.25) is 0 Å². The topological polar surface area (TPSA) is 155 Å². The van der Waals surface area contributed by atoms with Gasteiger partial charge in [0.15, 0.2) is 28.0 Å². The van der Waals surface area contributed by atoms with Gasteiger partial charge in [-0.15, -0.1) is 0 Å². The summed E-state index contributed by atoms with van der Waals surface area (Å²) in [7, 11) is -5.08. The molecule has 5 N–H and O–H groups in total. The number of fused-ring (bicyclic) bond motifs is 2. The van der Waals surface area contributed by atoms with Crippen LogP contribution in [0.4, 0.5) is 5.69 Å². The van der Waals surface area contributed by atoms with Crippen LogP contribution in [0.15, 0.2) is 29.2 Å². The summed E-state index contributed by atoms with van der Waals surface area (Å²) in [5, 5.41) is 19.9. The van der Waals surface area contributed by atoms with Gasteiger partial charge >= 0.3 is 10.1 Å². The molecule has 2 aromatic carbocycles. The Morgan fingerprint density at radius 3 is 1.79 bits per heavy atom. The number of rotatable bonds is 1. The molecular formula is C14H9NNaO7S. The van der Waals surface area contributed by atoms with Gasteiger partial charge in [-0.3, -0.25) is 14.1 Å². The van der Waals surface area contributed by atoms with Gasteiger partial charge in [-0.05, 0) is 0 Å². The maximum Gasteiger partial charge on any atom is 0.302 e. The molecule has 0 saturated heterocycles. The summed E-state index contributed by atoms with van der Waals surface area (Å²) in [4.78, 5) is 23.7. The third-order valence-electron chi connectivity index (χ3n) is 3.57. The molecule has 1 aliphatic rings. The zero-order chi connectivity index (χ0) is 17.1. The van der Waals surface area contributed by atoms with Gasteiger partial charge in [-0.1, -0.05) is 24.3 Å². The molecule has 2 aromatic rings. The molecule has 24 heavy (non-hydrogen) atoms. The van der Waals surface area contributed by atoms with Crippen LogP contribution in [0.5, 0.6) is 11.5 Å². The number of phenolic OH excluding ortho intramolecular Hbond substituents is 2. The fourth-order valence-electron chi connectivity index (χ4n) is 2.57. The van der Waals surface area contributed by atoms with Crippen molar-refractivity contribution in [3.05, 3.63) is 46.5 Å². The summed E-state index contributed by atoms with van der Waals surface area (Å²) in [5.41, 5.74) is 3.65. The Morgan fingerprint density at radius 2 is 1.33 bits per heavy atom. The van der Waals surface area contributed by atoms with Gasteiger partial charge in [-0.2, -0.15) is 8.42 Å². The predicted molar refractivity (Wildman–Crippen MR) is 83.1 cm³/mol. The minimum Gasteiger partial charge on any atom is -0.506 e. The zero-order valence-corrected chi connectivity index (χ0v) is 15.1. The van der Waals surface area contributed by atoms with Gasteiger partial charge in [0.1, 0.15) is 0 Å². The molecule has 3 rings (SSSR count). The largest absolute Gasteiger partial charge is 0.506 e. The van der Waals surface area contributed by atoms with Gasteiger partial charge in [0.05, 0.1) is 16.8 Å². The maximum atomic E-state index is 12.5. The van der Waals surface area contributed by atoms with E-state index in [9.17, 15) is 28.2 Å². The fourth-order valence-corrected chi connectivity index (χ4v) is 3.27. The van der Waals surface area contributed by atoms with Crippen LogP contribution in [0, 0.1) is 0 Å². The molecule has 0 heterocycles. The molecule has 0 bridgehead atoms. The Labute approximate surface area is 158 Å². The molecule has 0 fully saturated rings. The number of carbonyl (C=O) groups is 2. The molecule has 119 valence electrons. The summed E-state index contributed by atoms with van der Waals surface area (Å²) < 4.78 is 31.8. The van der Waals surface area contributed by atoms with Gasteiger partial charge in [-0.25, -0.2) is 0 Å². The number of hydrogen-bond donors (Lipinski definition) is 4. The van der Waals surface area contributed by atoms with Crippen LogP contribution in [0.25, 0.3) is 0 Å². The first-order valence-corrected chi connectivity index (χ1v) is 7.63. The molecule has 1 radical (unpaired) electrons. The normalized spacial score (nSPS) is 13.0. The third kappa shape index (κ3) is 2.41. The van der Waals surface area contributed by atoms with Crippen LogP contribution in [-0.2, 0) is 10.1 Å². The number of hydrogen-bond acceptors (Lipinski definition) is 7. The summed E-state index contributed by atoms with van der Waals surface area (Å²) in [6.07, 6.45) is 0. The summed E-state index contributed by atoms with van der Waals surface area (Å²) >= 11 is 0. The van der Waals surface area contributed by atoms with E-state index < -0.39 is 54.9 Å². The Morgan fingerprint density at radius 1 is 0.875 bits per heavy atom. The van der Waals surface area contributed by atoms with Crippen molar-refractivity contribution in [2.24, 2.45) is 0 Å². The third-order valence-corrected chi connectivity index (χ3v) is 4.47. The van der Waals surface area contributed by atoms with E-state index in [0.717, 1.165) is 0 Å². The minimum absolute atomic E-state index is 0. The maximum absolute atomic E-state index is 12.5. The van der Waals surface area contributed by atoms with Gasteiger partial charge in [0.25, 0.3) is 0 Å². The first-order chi connectivity index (χ1) is 10.7. The Kier molecular flexibility index (Phi) is 4.51. The minimum atomic E-state index is -5.08. The Balaban J connectivity index is 0.00000208. The van der Waals surface area contributed by atoms with Crippen LogP contribution < -0.4 is 5.73 Å². The number of anilines is 1. The number of benzene rings is 2. The second kappa shape index (κ2) is 5.87. The first kappa shape index (κ1) is 18.4. The molecule has 8 nitrogen and oxygen atoms in total. The van der Waals surface area contributed by atoms with E-state index in [1.165, 1.54) is 24.3 Å². The fraction of sp³-hybridized carbons (Fsp3) is 0. The van der Waals surface area contributed by atoms with Crippen molar-refractivity contribution in [3.63, 3.8) is 0 Å². The van der Waals surface area contributed by atoms with E-state index in [2.05, 4.69) is 0 Å². The molecule has 0 spiro atoms. The van der Waals surface area contributed by atoms with Gasteiger partial charge in [0, 0.05) is 40.7 Å². The SMILES string of the molecule is Nc1c(O)c(S(=O)(=O)O)c(O)c2c1C(=O)c1ccccc1C2=O.[Na]. The number of nitrogens with two attached hydrogens (primary N) is 1. The van der Waals surface area contributed by atoms with Crippen molar-refractivity contribution in [1.29, 1.82) is 0 Å². The summed E-state index contributed by atoms with van der Waals surface area (Å²) in [6, 6.07) is 5.69. The van der Waals surface area contributed by atoms with E-state index in [4.69, 9.17) is 10.3 Å². The Bertz CT molecular complexity index is 1010. The Hall–Kier alpha value is -1.91. The quantitative estimate of drug-likeness (QED) is 0.159. The number of phenols is 2. The molecule has 0 aromatic heterocycles. The van der Waals surface area contributed by atoms with Crippen molar-refractivity contribution in [2.45, 2.75) is 4.90 Å². The number of ketones is 2. The van der Waals surface area contributed by atoms with Crippen molar-refractivity contribution >= 4 is 56.9 Å². The van der Waals surface area contributed by atoms with E-state index in [1.807, 2.05) is 0 Å². The summed E-state index contributed by atoms with van der Waals surface area (Å²) in [5.74, 6) is -4.00. The first-order valence-electron chi connectivity index (χ1n) is 6.19. The van der Waals surface area contributed by atoms with E-state index in [-0.39, 0.29) is 40.7 Å². The van der Waals surface area contributed by atoms with E-state index in [0.29, 0.717) is 0 Å². The number of carbonyl (C=O) groups excluding carboxylic acids is 2. The molecule has 10 heteroatoms. The second-order valence-electron chi connectivity index (χ2n) is 4.87. The van der Waals surface area contributed by atoms with E-state index >= 15 is 0 Å². The standard InChI is InChI=1S/C14H9NO7S.Na/c15-9-7-8(12(18)14(13(9)19)23(20,21)22)11(17)6-4-2-1-3-5(6)10(7)16;/h1-4,18-19H,15H2,(H,20,21,22);. The second-order valence-corrected chi connectivity index (χ2v) is 6.23. The molecule has 0 amide bonds. The molecule has 1 aliphatic carbocycles. The van der Waals surface area contributed by atoms with Crippen LogP contribution in [-0.4, -0.2) is 64.3 Å². The van der Waals surface area contributed by atoms with Crippen molar-refractivity contribution < 1.29 is 32.8 Å². The smallest absolute Gasteiger partial charge is 0.302 e. The number of aromatic hydroxyl groups is 2. The molecular weight excluding hydrogens is 349 g/mol. The van der Waals surface area contributed by atoms with E-state index in [1.54, 1.807) is 0 Å². The molecule has 0 unspecified atom stereocenters. The van der Waals surface area contributed by atoms with Gasteiger partial charge < -0.3 is 15.9 Å². The number of nitrogen functional groups attached to an aromatic ring is 1. The monoisotopic (exact) mass is 358 g/mol.